The smallest absolute Gasteiger partial charge is 0.118 e. The topological polar surface area (TPSA) is 40.2 Å². The molecule has 4 rings (SSSR count). The lowest BCUT2D eigenvalue weighted by Gasteiger charge is -2.25. The van der Waals surface area contributed by atoms with Crippen molar-refractivity contribution in [2.24, 2.45) is 11.8 Å². The van der Waals surface area contributed by atoms with Crippen LogP contribution in [0.4, 0.5) is 0 Å². The van der Waals surface area contributed by atoms with Crippen LogP contribution in [-0.4, -0.2) is 63.7 Å². The van der Waals surface area contributed by atoms with Crippen LogP contribution in [0.2, 0.25) is 0 Å². The molecule has 0 N–H and O–H groups in total. The second-order valence-electron chi connectivity index (χ2n) is 7.47. The molecular formula is C20H29NO4. The molecular weight excluding hydrogens is 318 g/mol. The molecule has 3 aliphatic heterocycles. The van der Waals surface area contributed by atoms with E-state index >= 15 is 0 Å². The van der Waals surface area contributed by atoms with Crippen molar-refractivity contribution < 1.29 is 18.9 Å². The zero-order valence-electron chi connectivity index (χ0n) is 15.1. The average molecular weight is 347 g/mol. The third kappa shape index (κ3) is 4.00. The maximum absolute atomic E-state index is 6.36. The molecule has 0 unspecified atom stereocenters. The summed E-state index contributed by atoms with van der Waals surface area (Å²) in [4.78, 5) is 2.54. The first-order valence-corrected chi connectivity index (χ1v) is 9.47. The highest BCUT2D eigenvalue weighted by Gasteiger charge is 2.45. The minimum Gasteiger partial charge on any atom is -0.497 e. The Hall–Kier alpha value is -1.14. The van der Waals surface area contributed by atoms with Gasteiger partial charge in [-0.15, -0.1) is 0 Å². The van der Waals surface area contributed by atoms with E-state index in [-0.39, 0.29) is 0 Å². The molecule has 0 spiro atoms. The van der Waals surface area contributed by atoms with E-state index in [0.29, 0.717) is 24.0 Å². The van der Waals surface area contributed by atoms with Crippen LogP contribution in [0, 0.1) is 11.8 Å². The van der Waals surface area contributed by atoms with Gasteiger partial charge < -0.3 is 18.9 Å². The number of likely N-dealkylation sites (tertiary alicyclic amines) is 1. The van der Waals surface area contributed by atoms with Gasteiger partial charge in [-0.1, -0.05) is 12.1 Å². The maximum Gasteiger partial charge on any atom is 0.118 e. The second kappa shape index (κ2) is 8.04. The first kappa shape index (κ1) is 17.3. The van der Waals surface area contributed by atoms with Gasteiger partial charge in [-0.05, 0) is 36.5 Å². The van der Waals surface area contributed by atoms with Crippen molar-refractivity contribution in [2.45, 2.75) is 31.5 Å². The molecule has 0 saturated carbocycles. The minimum atomic E-state index is 0.300. The van der Waals surface area contributed by atoms with Crippen LogP contribution in [-0.2, 0) is 20.8 Å². The van der Waals surface area contributed by atoms with Gasteiger partial charge in [0, 0.05) is 38.3 Å². The molecule has 3 saturated heterocycles. The van der Waals surface area contributed by atoms with E-state index in [0.717, 1.165) is 64.7 Å². The summed E-state index contributed by atoms with van der Waals surface area (Å²) in [5.74, 6) is 2.08. The normalized spacial score (nSPS) is 30.5. The van der Waals surface area contributed by atoms with Crippen LogP contribution < -0.4 is 4.74 Å². The fraction of sp³-hybridized carbons (Fsp3) is 0.700. The van der Waals surface area contributed by atoms with Gasteiger partial charge in [-0.2, -0.15) is 0 Å². The monoisotopic (exact) mass is 347 g/mol. The van der Waals surface area contributed by atoms with E-state index < -0.39 is 0 Å². The Balaban J connectivity index is 1.34. The Morgan fingerprint density at radius 1 is 1.08 bits per heavy atom. The average Bonchev–Trinajstić information content (AvgIpc) is 3.26. The number of ether oxygens (including phenoxy) is 4. The van der Waals surface area contributed by atoms with Crippen LogP contribution in [0.15, 0.2) is 24.3 Å². The fourth-order valence-corrected chi connectivity index (χ4v) is 4.29. The van der Waals surface area contributed by atoms with Crippen LogP contribution in [0.5, 0.6) is 5.75 Å². The van der Waals surface area contributed by atoms with Crippen molar-refractivity contribution >= 4 is 0 Å². The second-order valence-corrected chi connectivity index (χ2v) is 7.47. The lowest BCUT2D eigenvalue weighted by atomic mass is 10.00. The number of hydrogen-bond acceptors (Lipinski definition) is 5. The largest absolute Gasteiger partial charge is 0.497 e. The Morgan fingerprint density at radius 3 is 2.64 bits per heavy atom. The molecule has 1 aromatic carbocycles. The van der Waals surface area contributed by atoms with Crippen LogP contribution in [0.3, 0.4) is 0 Å². The molecule has 0 amide bonds. The summed E-state index contributed by atoms with van der Waals surface area (Å²) in [6.45, 7) is 6.27. The van der Waals surface area contributed by atoms with Gasteiger partial charge >= 0.3 is 0 Å². The van der Waals surface area contributed by atoms with Crippen LogP contribution in [0.25, 0.3) is 0 Å². The van der Waals surface area contributed by atoms with E-state index in [1.807, 2.05) is 12.1 Å². The number of fused-ring (bicyclic) bond motifs is 1. The van der Waals surface area contributed by atoms with Gasteiger partial charge in [-0.3, -0.25) is 4.90 Å². The molecule has 138 valence electrons. The fourth-order valence-electron chi connectivity index (χ4n) is 4.29. The molecule has 3 aliphatic rings. The zero-order chi connectivity index (χ0) is 17.1. The molecule has 5 nitrogen and oxygen atoms in total. The zero-order valence-corrected chi connectivity index (χ0v) is 15.1. The lowest BCUT2D eigenvalue weighted by Crippen LogP contribution is -2.32. The quantitative estimate of drug-likeness (QED) is 0.790. The SMILES string of the molecule is COc1ccc(CN2C[C@H](OCC3CCOCC3)[C@H]3COC[C@H]32)cc1. The van der Waals surface area contributed by atoms with Crippen molar-refractivity contribution in [3.63, 3.8) is 0 Å². The summed E-state index contributed by atoms with van der Waals surface area (Å²) >= 11 is 0. The third-order valence-corrected chi connectivity index (χ3v) is 5.89. The summed E-state index contributed by atoms with van der Waals surface area (Å²) in [5, 5.41) is 0. The van der Waals surface area contributed by atoms with Gasteiger partial charge in [-0.25, -0.2) is 0 Å². The molecule has 0 aliphatic carbocycles. The Labute approximate surface area is 150 Å². The van der Waals surface area contributed by atoms with Crippen LogP contribution >= 0.6 is 0 Å². The Kier molecular flexibility index (Phi) is 5.56. The number of hydrogen-bond donors (Lipinski definition) is 0. The number of rotatable bonds is 6. The van der Waals surface area contributed by atoms with Crippen molar-refractivity contribution in [3.05, 3.63) is 29.8 Å². The van der Waals surface area contributed by atoms with E-state index in [1.54, 1.807) is 7.11 Å². The molecule has 5 heteroatoms. The van der Waals surface area contributed by atoms with E-state index in [1.165, 1.54) is 5.56 Å². The molecule has 0 aromatic heterocycles. The first-order valence-electron chi connectivity index (χ1n) is 9.47. The highest BCUT2D eigenvalue weighted by atomic mass is 16.5. The summed E-state index contributed by atoms with van der Waals surface area (Å²) in [6.07, 6.45) is 2.56. The van der Waals surface area contributed by atoms with Gasteiger partial charge in [0.2, 0.25) is 0 Å². The number of methoxy groups -OCH3 is 1. The predicted octanol–water partition coefficient (Wildman–Crippen LogP) is 2.34. The number of benzene rings is 1. The van der Waals surface area contributed by atoms with Gasteiger partial charge in [0.25, 0.3) is 0 Å². The molecule has 0 radical (unpaired) electrons. The van der Waals surface area contributed by atoms with Gasteiger partial charge in [0.1, 0.15) is 5.75 Å². The summed E-state index contributed by atoms with van der Waals surface area (Å²) in [5.41, 5.74) is 1.32. The van der Waals surface area contributed by atoms with Crippen molar-refractivity contribution in [1.82, 2.24) is 4.90 Å². The molecule has 1 aromatic rings. The predicted molar refractivity (Wildman–Crippen MR) is 94.8 cm³/mol. The highest BCUT2D eigenvalue weighted by Crippen LogP contribution is 2.34. The van der Waals surface area contributed by atoms with Crippen molar-refractivity contribution in [3.8, 4) is 5.75 Å². The van der Waals surface area contributed by atoms with Crippen molar-refractivity contribution in [2.75, 3.05) is 46.7 Å². The van der Waals surface area contributed by atoms with Crippen molar-refractivity contribution in [1.29, 1.82) is 0 Å². The first-order chi connectivity index (χ1) is 12.3. The van der Waals surface area contributed by atoms with Gasteiger partial charge in [0.05, 0.1) is 33.0 Å². The lowest BCUT2D eigenvalue weighted by molar-refractivity contribution is -0.0259. The van der Waals surface area contributed by atoms with E-state index in [2.05, 4.69) is 17.0 Å². The summed E-state index contributed by atoms with van der Waals surface area (Å²) < 4.78 is 22.8. The standard InChI is InChI=1S/C20H29NO4/c1-22-17-4-2-15(3-5-17)10-21-11-20(18-13-24-14-19(18)21)25-12-16-6-8-23-9-7-16/h2-5,16,18-20H,6-14H2,1H3/t18-,19+,20-/m0/s1. The van der Waals surface area contributed by atoms with E-state index in [4.69, 9.17) is 18.9 Å². The highest BCUT2D eigenvalue weighted by molar-refractivity contribution is 5.27. The minimum absolute atomic E-state index is 0.300. The maximum atomic E-state index is 6.36. The number of nitrogens with zero attached hydrogens (tertiary/aromatic N) is 1. The Bertz CT molecular complexity index is 543. The molecule has 3 heterocycles. The van der Waals surface area contributed by atoms with Gasteiger partial charge in [0.15, 0.2) is 0 Å². The molecule has 0 bridgehead atoms. The Morgan fingerprint density at radius 2 is 1.88 bits per heavy atom. The molecule has 25 heavy (non-hydrogen) atoms. The third-order valence-electron chi connectivity index (χ3n) is 5.89. The molecule has 3 atom stereocenters. The summed E-state index contributed by atoms with van der Waals surface area (Å²) in [6, 6.07) is 8.86. The molecule has 3 fully saturated rings. The van der Waals surface area contributed by atoms with Crippen LogP contribution in [0.1, 0.15) is 18.4 Å². The summed E-state index contributed by atoms with van der Waals surface area (Å²) in [7, 11) is 1.70. The van der Waals surface area contributed by atoms with E-state index in [9.17, 15) is 0 Å².